The predicted octanol–water partition coefficient (Wildman–Crippen LogP) is 5.73. The number of fused-ring (bicyclic) bond motifs is 1. The molecule has 1 aromatic carbocycles. The highest BCUT2D eigenvalue weighted by Gasteiger charge is 2.25. The molecule has 9 nitrogen and oxygen atoms in total. The molecule has 0 radical (unpaired) electrons. The lowest BCUT2D eigenvalue weighted by Crippen LogP contribution is -2.34. The summed E-state index contributed by atoms with van der Waals surface area (Å²) in [5, 5.41) is 3.12. The van der Waals surface area contributed by atoms with Crippen molar-refractivity contribution in [3.05, 3.63) is 66.0 Å². The third kappa shape index (κ3) is 5.59. The van der Waals surface area contributed by atoms with Crippen LogP contribution in [0.2, 0.25) is 0 Å². The zero-order valence-corrected chi connectivity index (χ0v) is 23.4. The maximum atomic E-state index is 13.4. The van der Waals surface area contributed by atoms with E-state index >= 15 is 0 Å². The molecule has 0 unspecified atom stereocenters. The van der Waals surface area contributed by atoms with Gasteiger partial charge in [0.05, 0.1) is 27.0 Å². The molecule has 4 aromatic rings. The van der Waals surface area contributed by atoms with Crippen molar-refractivity contribution >= 4 is 40.1 Å². The minimum absolute atomic E-state index is 0.0298. The van der Waals surface area contributed by atoms with Gasteiger partial charge in [-0.15, -0.1) is 11.3 Å². The maximum absolute atomic E-state index is 13.4. The van der Waals surface area contributed by atoms with Crippen LogP contribution in [0.3, 0.4) is 0 Å². The van der Waals surface area contributed by atoms with Gasteiger partial charge in [-0.25, -0.2) is 9.97 Å². The summed E-state index contributed by atoms with van der Waals surface area (Å²) < 4.78 is 7.60. The minimum Gasteiger partial charge on any atom is -0.443 e. The van der Waals surface area contributed by atoms with E-state index in [4.69, 9.17) is 9.40 Å². The van der Waals surface area contributed by atoms with Crippen molar-refractivity contribution in [3.63, 3.8) is 0 Å². The summed E-state index contributed by atoms with van der Waals surface area (Å²) >= 11 is 1.36. The number of rotatable bonds is 7. The zero-order valence-electron chi connectivity index (χ0n) is 22.6. The van der Waals surface area contributed by atoms with Crippen LogP contribution in [-0.2, 0) is 11.3 Å². The average Bonchev–Trinajstić information content (AvgIpc) is 3.76. The SMILES string of the molecule is C=CC(=O)N1CCCC[C@@H](n2c(NC(=O)c3ccc(-c4cnco4)s3)nc3ccc(CN4CCCC4)cc32)CC1. The van der Waals surface area contributed by atoms with Gasteiger partial charge < -0.3 is 13.9 Å². The lowest BCUT2D eigenvalue weighted by atomic mass is 10.0. The Kier molecular flexibility index (Phi) is 7.79. The number of nitrogens with zero attached hydrogens (tertiary/aromatic N) is 5. The van der Waals surface area contributed by atoms with Gasteiger partial charge >= 0.3 is 0 Å². The first-order chi connectivity index (χ1) is 19.6. The molecule has 2 saturated heterocycles. The van der Waals surface area contributed by atoms with Crippen molar-refractivity contribution < 1.29 is 14.0 Å². The largest absolute Gasteiger partial charge is 0.443 e. The van der Waals surface area contributed by atoms with Crippen LogP contribution in [0.5, 0.6) is 0 Å². The summed E-state index contributed by atoms with van der Waals surface area (Å²) in [5.41, 5.74) is 3.13. The minimum atomic E-state index is -0.209. The number of oxazole rings is 1. The second-order valence-corrected chi connectivity index (χ2v) is 11.6. The molecule has 10 heteroatoms. The quantitative estimate of drug-likeness (QED) is 0.291. The molecule has 0 aliphatic carbocycles. The molecule has 2 aliphatic rings. The molecule has 3 aromatic heterocycles. The first-order valence-corrected chi connectivity index (χ1v) is 14.9. The summed E-state index contributed by atoms with van der Waals surface area (Å²) in [5.74, 6) is 0.937. The highest BCUT2D eigenvalue weighted by molar-refractivity contribution is 7.17. The van der Waals surface area contributed by atoms with E-state index in [1.165, 1.54) is 42.2 Å². The third-order valence-corrected chi connectivity index (χ3v) is 8.99. The molecular formula is C30H34N6O3S. The number of carbonyl (C=O) groups is 2. The summed E-state index contributed by atoms with van der Waals surface area (Å²) in [7, 11) is 0. The standard InChI is InChI=1S/C30H34N6O3S/c1-2-28(37)35-15-4-3-7-22(12-16-35)36-24-17-21(19-34-13-5-6-14-34)8-9-23(24)32-30(36)33-29(38)27-11-10-26(40-27)25-18-31-20-39-25/h2,8-11,17-18,20,22H,1,3-7,12-16,19H2,(H,32,33,38)/t22-/m1/s1. The topological polar surface area (TPSA) is 96.5 Å². The smallest absolute Gasteiger partial charge is 0.268 e. The number of likely N-dealkylation sites (tertiary alicyclic amines) is 2. The number of anilines is 1. The number of thiophene rings is 1. The van der Waals surface area contributed by atoms with Crippen molar-refractivity contribution in [2.24, 2.45) is 0 Å². The Bertz CT molecular complexity index is 1500. The van der Waals surface area contributed by atoms with Gasteiger partial charge in [-0.1, -0.05) is 12.6 Å². The molecule has 0 saturated carbocycles. The lowest BCUT2D eigenvalue weighted by molar-refractivity contribution is -0.126. The number of imidazole rings is 1. The van der Waals surface area contributed by atoms with Gasteiger partial charge in [0.1, 0.15) is 0 Å². The molecule has 2 amide bonds. The molecule has 2 fully saturated rings. The number of aromatic nitrogens is 3. The second-order valence-electron chi connectivity index (χ2n) is 10.6. The van der Waals surface area contributed by atoms with Gasteiger partial charge in [-0.2, -0.15) is 0 Å². The summed E-state index contributed by atoms with van der Waals surface area (Å²) in [4.78, 5) is 40.5. The van der Waals surface area contributed by atoms with Crippen molar-refractivity contribution in [1.29, 1.82) is 0 Å². The van der Waals surface area contributed by atoms with E-state index in [1.54, 1.807) is 12.3 Å². The average molecular weight is 559 g/mol. The van der Waals surface area contributed by atoms with Crippen molar-refractivity contribution in [2.75, 3.05) is 31.5 Å². The molecule has 208 valence electrons. The molecule has 40 heavy (non-hydrogen) atoms. The fraction of sp³-hybridized carbons (Fsp3) is 0.400. The normalized spacial score (nSPS) is 18.5. The summed E-state index contributed by atoms with van der Waals surface area (Å²) in [6, 6.07) is 10.2. The van der Waals surface area contributed by atoms with Gasteiger partial charge in [0, 0.05) is 25.7 Å². The van der Waals surface area contributed by atoms with E-state index in [1.807, 2.05) is 11.0 Å². The van der Waals surface area contributed by atoms with Crippen LogP contribution in [-0.4, -0.2) is 62.3 Å². The van der Waals surface area contributed by atoms with Crippen LogP contribution in [0, 0.1) is 0 Å². The van der Waals surface area contributed by atoms with E-state index in [-0.39, 0.29) is 17.9 Å². The fourth-order valence-corrected chi connectivity index (χ4v) is 6.69. The Morgan fingerprint density at radius 1 is 1.07 bits per heavy atom. The number of nitrogens with one attached hydrogen (secondary N) is 1. The monoisotopic (exact) mass is 558 g/mol. The number of benzene rings is 1. The Balaban J connectivity index is 1.33. The van der Waals surface area contributed by atoms with Crippen molar-refractivity contribution in [2.45, 2.75) is 51.1 Å². The number of amides is 2. The van der Waals surface area contributed by atoms with Crippen molar-refractivity contribution in [3.8, 4) is 10.6 Å². The molecular weight excluding hydrogens is 524 g/mol. The Morgan fingerprint density at radius 2 is 1.93 bits per heavy atom. The highest BCUT2D eigenvalue weighted by atomic mass is 32.1. The van der Waals surface area contributed by atoms with Gasteiger partial charge in [-0.05, 0) is 87.5 Å². The Labute approximate surface area is 237 Å². The number of hydrogen-bond acceptors (Lipinski definition) is 7. The maximum Gasteiger partial charge on any atom is 0.268 e. The molecule has 2 aliphatic heterocycles. The molecule has 0 bridgehead atoms. The summed E-state index contributed by atoms with van der Waals surface area (Å²) in [6.45, 7) is 8.24. The number of carbonyl (C=O) groups excluding carboxylic acids is 2. The molecule has 1 atom stereocenters. The molecule has 6 rings (SSSR count). The summed E-state index contributed by atoms with van der Waals surface area (Å²) in [6.07, 6.45) is 10.6. The first kappa shape index (κ1) is 26.5. The lowest BCUT2D eigenvalue weighted by Gasteiger charge is -2.29. The van der Waals surface area contributed by atoms with E-state index in [0.717, 1.165) is 67.8 Å². The first-order valence-electron chi connectivity index (χ1n) is 14.0. The van der Waals surface area contributed by atoms with E-state index < -0.39 is 0 Å². The zero-order chi connectivity index (χ0) is 27.5. The van der Waals surface area contributed by atoms with Gasteiger partial charge in [0.2, 0.25) is 11.9 Å². The van der Waals surface area contributed by atoms with Crippen LogP contribution in [0.25, 0.3) is 21.7 Å². The Morgan fingerprint density at radius 3 is 2.73 bits per heavy atom. The second kappa shape index (κ2) is 11.8. The molecule has 0 spiro atoms. The third-order valence-electron chi connectivity index (χ3n) is 7.89. The van der Waals surface area contributed by atoms with E-state index in [9.17, 15) is 9.59 Å². The predicted molar refractivity (Wildman–Crippen MR) is 156 cm³/mol. The fourth-order valence-electron chi connectivity index (χ4n) is 5.84. The van der Waals surface area contributed by atoms with Crippen LogP contribution < -0.4 is 5.32 Å². The van der Waals surface area contributed by atoms with Gasteiger partial charge in [0.25, 0.3) is 5.91 Å². The van der Waals surface area contributed by atoms with E-state index in [0.29, 0.717) is 23.1 Å². The number of hydrogen-bond donors (Lipinski definition) is 1. The highest BCUT2D eigenvalue weighted by Crippen LogP contribution is 2.33. The van der Waals surface area contributed by atoms with Gasteiger partial charge in [-0.3, -0.25) is 19.8 Å². The van der Waals surface area contributed by atoms with Crippen LogP contribution in [0.4, 0.5) is 5.95 Å². The molecule has 1 N–H and O–H groups in total. The van der Waals surface area contributed by atoms with Crippen molar-refractivity contribution in [1.82, 2.24) is 24.3 Å². The van der Waals surface area contributed by atoms with Crippen LogP contribution in [0.1, 0.15) is 59.8 Å². The Hall–Kier alpha value is -3.76. The van der Waals surface area contributed by atoms with Crippen LogP contribution >= 0.6 is 11.3 Å². The van der Waals surface area contributed by atoms with E-state index in [2.05, 4.69) is 44.5 Å². The van der Waals surface area contributed by atoms with Crippen LogP contribution in [0.15, 0.2) is 60.0 Å². The molecule has 5 heterocycles. The van der Waals surface area contributed by atoms with Gasteiger partial charge in [0.15, 0.2) is 12.2 Å².